The maximum absolute atomic E-state index is 13.4. The molecule has 0 spiro atoms. The van der Waals surface area contributed by atoms with Gasteiger partial charge in [-0.2, -0.15) is 0 Å². The highest BCUT2D eigenvalue weighted by molar-refractivity contribution is 6.53. The summed E-state index contributed by atoms with van der Waals surface area (Å²) in [5, 5.41) is 6.51. The molecule has 3 amide bonds. The number of hydrogen-bond acceptors (Lipinski definition) is 6. The Labute approximate surface area is 297 Å². The van der Waals surface area contributed by atoms with Crippen LogP contribution < -0.4 is 15.5 Å². The second kappa shape index (κ2) is 14.5. The lowest BCUT2D eigenvalue weighted by molar-refractivity contribution is -0.140. The number of amides is 3. The predicted octanol–water partition coefficient (Wildman–Crippen LogP) is 9.04. The lowest BCUT2D eigenvalue weighted by atomic mass is 10.1. The number of carbonyl (C=O) groups excluding carboxylic acids is 4. The van der Waals surface area contributed by atoms with Crippen molar-refractivity contribution in [2.24, 2.45) is 5.92 Å². The molecule has 2 atom stereocenters. The quantitative estimate of drug-likeness (QED) is 0.167. The first-order chi connectivity index (χ1) is 21.9. The van der Waals surface area contributed by atoms with E-state index in [0.29, 0.717) is 38.2 Å². The van der Waals surface area contributed by atoms with Crippen molar-refractivity contribution in [3.63, 3.8) is 0 Å². The number of benzene rings is 3. The van der Waals surface area contributed by atoms with Gasteiger partial charge in [0.05, 0.1) is 23.0 Å². The number of alkyl halides is 2. The topological polar surface area (TPSA) is 114 Å². The normalized spacial score (nSPS) is 16.6. The Morgan fingerprint density at radius 2 is 1.57 bits per heavy atom. The van der Waals surface area contributed by atoms with Crippen molar-refractivity contribution in [3.8, 4) is 0 Å². The third kappa shape index (κ3) is 9.24. The summed E-state index contributed by atoms with van der Waals surface area (Å²) >= 11 is 31.6. The fourth-order valence-electron chi connectivity index (χ4n) is 4.89. The van der Waals surface area contributed by atoms with Gasteiger partial charge in [-0.05, 0) is 93.4 Å². The summed E-state index contributed by atoms with van der Waals surface area (Å²) in [5.74, 6) is -2.82. The average molecular weight is 744 g/mol. The van der Waals surface area contributed by atoms with Crippen LogP contribution in [0, 0.1) is 12.8 Å². The van der Waals surface area contributed by atoms with Crippen LogP contribution >= 0.6 is 58.0 Å². The molecule has 0 radical (unpaired) electrons. The first kappa shape index (κ1) is 36.6. The van der Waals surface area contributed by atoms with Gasteiger partial charge in [0.15, 0.2) is 0 Å². The van der Waals surface area contributed by atoms with Gasteiger partial charge in [-0.1, -0.05) is 34.8 Å². The molecule has 0 aliphatic heterocycles. The monoisotopic (exact) mass is 741 g/mol. The highest BCUT2D eigenvalue weighted by Crippen LogP contribution is 2.65. The highest BCUT2D eigenvalue weighted by atomic mass is 35.5. The molecule has 3 aromatic rings. The summed E-state index contributed by atoms with van der Waals surface area (Å²) < 4.78 is 9.18. The Balaban J connectivity index is 1.49. The maximum Gasteiger partial charge on any atom is 0.414 e. The lowest BCUT2D eigenvalue weighted by Crippen LogP contribution is -2.39. The number of ether oxygens (including phenoxy) is 2. The van der Waals surface area contributed by atoms with Crippen LogP contribution in [0.4, 0.5) is 21.9 Å². The Bertz CT molecular complexity index is 1700. The molecule has 0 aromatic heterocycles. The third-order valence-electron chi connectivity index (χ3n) is 7.06. The number of halogens is 5. The summed E-state index contributed by atoms with van der Waals surface area (Å²) in [6.07, 6.45) is -0.624. The van der Waals surface area contributed by atoms with E-state index in [1.54, 1.807) is 70.2 Å². The minimum absolute atomic E-state index is 0.0371. The number of anilines is 3. The Kier molecular flexibility index (Phi) is 11.3. The molecule has 1 saturated carbocycles. The van der Waals surface area contributed by atoms with E-state index in [2.05, 4.69) is 10.6 Å². The molecule has 47 heavy (non-hydrogen) atoms. The van der Waals surface area contributed by atoms with Crippen LogP contribution in [0.25, 0.3) is 0 Å². The summed E-state index contributed by atoms with van der Waals surface area (Å²) in [5.41, 5.74) is 1.82. The average Bonchev–Trinajstić information content (AvgIpc) is 3.53. The number of hydrogen-bond donors (Lipinski definition) is 2. The third-order valence-corrected chi connectivity index (χ3v) is 8.77. The van der Waals surface area contributed by atoms with Gasteiger partial charge in [-0.3, -0.25) is 19.3 Å². The van der Waals surface area contributed by atoms with E-state index < -0.39 is 45.6 Å². The van der Waals surface area contributed by atoms with Gasteiger partial charge in [-0.15, -0.1) is 23.2 Å². The van der Waals surface area contributed by atoms with Gasteiger partial charge in [0.25, 0.3) is 5.91 Å². The molecule has 1 aliphatic carbocycles. The molecule has 0 saturated heterocycles. The maximum atomic E-state index is 13.4. The first-order valence-corrected chi connectivity index (χ1v) is 16.3. The highest BCUT2D eigenvalue weighted by Gasteiger charge is 2.67. The number of carbonyl (C=O) groups is 4. The zero-order valence-corrected chi connectivity index (χ0v) is 29.8. The van der Waals surface area contributed by atoms with Gasteiger partial charge in [0.2, 0.25) is 5.91 Å². The number of nitrogens with one attached hydrogen (secondary N) is 2. The second-order valence-electron chi connectivity index (χ2n) is 11.9. The summed E-state index contributed by atoms with van der Waals surface area (Å²) in [4.78, 5) is 52.2. The molecule has 2 N–H and O–H groups in total. The largest absolute Gasteiger partial charge is 0.464 e. The summed E-state index contributed by atoms with van der Waals surface area (Å²) in [7, 11) is 0. The minimum atomic E-state index is -1.38. The zero-order chi connectivity index (χ0) is 34.8. The van der Waals surface area contributed by atoms with Crippen molar-refractivity contribution in [1.82, 2.24) is 0 Å². The van der Waals surface area contributed by atoms with Crippen LogP contribution in [-0.4, -0.2) is 47.0 Å². The van der Waals surface area contributed by atoms with Crippen molar-refractivity contribution in [3.05, 3.63) is 86.4 Å². The molecule has 4 rings (SSSR count). The van der Waals surface area contributed by atoms with Crippen molar-refractivity contribution >= 4 is 98.9 Å². The summed E-state index contributed by atoms with van der Waals surface area (Å²) in [6.45, 7) is 8.28. The molecule has 3 aromatic carbocycles. The molecule has 0 bridgehead atoms. The van der Waals surface area contributed by atoms with Crippen molar-refractivity contribution in [1.29, 1.82) is 0 Å². The number of esters is 1. The van der Waals surface area contributed by atoms with Gasteiger partial charge in [0.1, 0.15) is 16.5 Å². The van der Waals surface area contributed by atoms with Gasteiger partial charge >= 0.3 is 12.1 Å². The van der Waals surface area contributed by atoms with E-state index >= 15 is 0 Å². The number of aryl methyl sites for hydroxylation is 1. The molecule has 0 unspecified atom stereocenters. The first-order valence-electron chi connectivity index (χ1n) is 14.4. The van der Waals surface area contributed by atoms with Gasteiger partial charge in [0, 0.05) is 39.9 Å². The fourth-order valence-corrected chi connectivity index (χ4v) is 6.46. The van der Waals surface area contributed by atoms with E-state index in [1.807, 2.05) is 0 Å². The number of nitrogens with zero attached hydrogens (tertiary/aromatic N) is 1. The molecule has 1 fully saturated rings. The molecule has 250 valence electrons. The molecular formula is C33H32Cl5N3O6. The SMILES string of the molecule is CC(=O)OCCN(C(=O)OC(C)(C)C)c1ccc(NC(=O)c2cc(NC(=O)[C@H]3[C@H](c4cc(Cl)cc(Cl)c4)C3(Cl)Cl)ccc2Cl)c(C)c1. The summed E-state index contributed by atoms with van der Waals surface area (Å²) in [6, 6.07) is 14.3. The van der Waals surface area contributed by atoms with Crippen LogP contribution in [0.3, 0.4) is 0 Å². The van der Waals surface area contributed by atoms with E-state index in [1.165, 1.54) is 24.0 Å². The van der Waals surface area contributed by atoms with Crippen LogP contribution in [0.1, 0.15) is 55.1 Å². The Morgan fingerprint density at radius 3 is 2.17 bits per heavy atom. The Hall–Kier alpha value is -3.21. The standard InChI is InChI=1S/C33H32Cl5N3O6/c1-17-12-23(41(10-11-46-18(2)42)31(45)47-32(3,4)5)7-9-26(17)40-29(43)24-16-22(6-8-25(24)36)39-30(44)28-27(33(28,37)38)19-13-20(34)15-21(35)14-19/h6-9,12-16,27-28H,10-11H2,1-5H3,(H,39,44)(H,40,43)/t27-,28+/m0/s1. The zero-order valence-electron chi connectivity index (χ0n) is 26.1. The van der Waals surface area contributed by atoms with Crippen LogP contribution in [-0.2, 0) is 19.1 Å². The fraction of sp³-hybridized carbons (Fsp3) is 0.333. The molecule has 14 heteroatoms. The van der Waals surface area contributed by atoms with E-state index in [4.69, 9.17) is 67.5 Å². The van der Waals surface area contributed by atoms with Crippen molar-refractivity contribution in [2.45, 2.75) is 50.5 Å². The second-order valence-corrected chi connectivity index (χ2v) is 14.7. The molecular weight excluding hydrogens is 712 g/mol. The van der Waals surface area contributed by atoms with Crippen LogP contribution in [0.5, 0.6) is 0 Å². The lowest BCUT2D eigenvalue weighted by Gasteiger charge is -2.28. The number of rotatable bonds is 9. The molecule has 1 aliphatic rings. The molecule has 0 heterocycles. The predicted molar refractivity (Wildman–Crippen MR) is 187 cm³/mol. The van der Waals surface area contributed by atoms with Crippen LogP contribution in [0.15, 0.2) is 54.6 Å². The van der Waals surface area contributed by atoms with Crippen molar-refractivity contribution < 1.29 is 28.7 Å². The Morgan fingerprint density at radius 1 is 0.915 bits per heavy atom. The van der Waals surface area contributed by atoms with E-state index in [-0.39, 0.29) is 23.7 Å². The minimum Gasteiger partial charge on any atom is -0.464 e. The van der Waals surface area contributed by atoms with Gasteiger partial charge < -0.3 is 20.1 Å². The smallest absolute Gasteiger partial charge is 0.414 e. The van der Waals surface area contributed by atoms with Gasteiger partial charge in [-0.25, -0.2) is 4.79 Å². The van der Waals surface area contributed by atoms with Crippen LogP contribution in [0.2, 0.25) is 15.1 Å². The van der Waals surface area contributed by atoms with E-state index in [9.17, 15) is 19.2 Å². The molecule has 9 nitrogen and oxygen atoms in total. The van der Waals surface area contributed by atoms with E-state index in [0.717, 1.165) is 0 Å². The van der Waals surface area contributed by atoms with Crippen molar-refractivity contribution in [2.75, 3.05) is 28.7 Å².